The lowest BCUT2D eigenvalue weighted by molar-refractivity contribution is 0.269. The first kappa shape index (κ1) is 14.1. The molecule has 2 N–H and O–H groups in total. The smallest absolute Gasteiger partial charge is 0.0640 e. The van der Waals surface area contributed by atoms with Crippen molar-refractivity contribution >= 4 is 32.4 Å². The number of hydrogen-bond donors (Lipinski definition) is 2. The highest BCUT2D eigenvalue weighted by Gasteiger charge is 2.04. The quantitative estimate of drug-likeness (QED) is 0.745. The summed E-state index contributed by atoms with van der Waals surface area (Å²) >= 11 is 3.58. The summed E-state index contributed by atoms with van der Waals surface area (Å²) in [5, 5.41) is 18.9. The van der Waals surface area contributed by atoms with Crippen molar-refractivity contribution in [2.45, 2.75) is 13.1 Å². The van der Waals surface area contributed by atoms with Crippen LogP contribution in [0, 0.1) is 0 Å². The van der Waals surface area contributed by atoms with E-state index < -0.39 is 0 Å². The molecule has 1 aromatic heterocycles. The lowest BCUT2D eigenvalue weighted by Crippen LogP contribution is -2.02. The molecule has 4 nitrogen and oxygen atoms in total. The van der Waals surface area contributed by atoms with E-state index in [-0.39, 0.29) is 6.61 Å². The van der Waals surface area contributed by atoms with E-state index in [1.54, 1.807) is 4.68 Å². The molecule has 0 spiro atoms. The highest BCUT2D eigenvalue weighted by atomic mass is 79.9. The number of nitrogens with zero attached hydrogens (tertiary/aromatic N) is 2. The van der Waals surface area contributed by atoms with Crippen LogP contribution in [-0.2, 0) is 13.1 Å². The van der Waals surface area contributed by atoms with Crippen molar-refractivity contribution in [1.29, 1.82) is 0 Å². The van der Waals surface area contributed by atoms with Crippen molar-refractivity contribution in [3.8, 4) is 0 Å². The number of aromatic nitrogens is 2. The van der Waals surface area contributed by atoms with Crippen molar-refractivity contribution in [1.82, 2.24) is 9.78 Å². The Kier molecular flexibility index (Phi) is 4.22. The normalized spacial score (nSPS) is 11.0. The summed E-state index contributed by atoms with van der Waals surface area (Å²) in [4.78, 5) is 0. The average Bonchev–Trinajstić information content (AvgIpc) is 2.95. The van der Waals surface area contributed by atoms with Crippen LogP contribution < -0.4 is 5.32 Å². The van der Waals surface area contributed by atoms with Gasteiger partial charge in [0.15, 0.2) is 0 Å². The molecule has 21 heavy (non-hydrogen) atoms. The first-order valence-electron chi connectivity index (χ1n) is 6.81. The number of nitrogens with one attached hydrogen (secondary N) is 1. The van der Waals surface area contributed by atoms with E-state index in [0.717, 1.165) is 15.7 Å². The predicted octanol–water partition coefficient (Wildman–Crippen LogP) is 3.40. The summed E-state index contributed by atoms with van der Waals surface area (Å²) in [5.41, 5.74) is 2.19. The molecule has 3 rings (SSSR count). The highest BCUT2D eigenvalue weighted by Crippen LogP contribution is 2.30. The van der Waals surface area contributed by atoms with Gasteiger partial charge in [0.25, 0.3) is 0 Å². The second kappa shape index (κ2) is 6.28. The van der Waals surface area contributed by atoms with Gasteiger partial charge in [-0.15, -0.1) is 0 Å². The van der Waals surface area contributed by atoms with Crippen LogP contribution in [0.1, 0.15) is 5.56 Å². The van der Waals surface area contributed by atoms with Gasteiger partial charge in [-0.3, -0.25) is 4.68 Å². The first-order chi connectivity index (χ1) is 10.3. The number of aliphatic hydroxyl groups excluding tert-OH is 1. The minimum Gasteiger partial charge on any atom is -0.394 e. The van der Waals surface area contributed by atoms with Gasteiger partial charge >= 0.3 is 0 Å². The van der Waals surface area contributed by atoms with Gasteiger partial charge in [-0.05, 0) is 17.5 Å². The Balaban J connectivity index is 1.80. The third-order valence-corrected chi connectivity index (χ3v) is 4.06. The fraction of sp³-hybridized carbons (Fsp3) is 0.188. The Morgan fingerprint density at radius 3 is 2.76 bits per heavy atom. The Morgan fingerprint density at radius 1 is 1.14 bits per heavy atom. The summed E-state index contributed by atoms with van der Waals surface area (Å²) < 4.78 is 2.84. The van der Waals surface area contributed by atoms with Crippen molar-refractivity contribution in [2.24, 2.45) is 0 Å². The molecule has 0 aliphatic carbocycles. The maximum absolute atomic E-state index is 8.90. The number of halogens is 1. The van der Waals surface area contributed by atoms with Gasteiger partial charge in [-0.25, -0.2) is 0 Å². The fourth-order valence-electron chi connectivity index (χ4n) is 2.34. The lowest BCUT2D eigenvalue weighted by atomic mass is 10.1. The lowest BCUT2D eigenvalue weighted by Gasteiger charge is -2.10. The maximum Gasteiger partial charge on any atom is 0.0640 e. The average molecular weight is 346 g/mol. The summed E-state index contributed by atoms with van der Waals surface area (Å²) in [6, 6.07) is 12.4. The SMILES string of the molecule is OCCn1cc(CNc2ccc(Br)c3ccccc23)cn1. The van der Waals surface area contributed by atoms with Gasteiger partial charge in [-0.2, -0.15) is 5.10 Å². The van der Waals surface area contributed by atoms with Crippen LogP contribution in [0.25, 0.3) is 10.8 Å². The van der Waals surface area contributed by atoms with Crippen LogP contribution in [0.3, 0.4) is 0 Å². The third kappa shape index (κ3) is 3.09. The fourth-order valence-corrected chi connectivity index (χ4v) is 2.81. The van der Waals surface area contributed by atoms with E-state index >= 15 is 0 Å². The molecule has 0 aliphatic rings. The summed E-state index contributed by atoms with van der Waals surface area (Å²) in [5.74, 6) is 0. The highest BCUT2D eigenvalue weighted by molar-refractivity contribution is 9.10. The molecule has 5 heteroatoms. The summed E-state index contributed by atoms with van der Waals surface area (Å²) in [6.45, 7) is 1.34. The van der Waals surface area contributed by atoms with Crippen molar-refractivity contribution in [3.63, 3.8) is 0 Å². The molecule has 108 valence electrons. The molecule has 0 radical (unpaired) electrons. The minimum absolute atomic E-state index is 0.103. The van der Waals surface area contributed by atoms with E-state index in [1.165, 1.54) is 10.8 Å². The first-order valence-corrected chi connectivity index (χ1v) is 7.60. The van der Waals surface area contributed by atoms with Gasteiger partial charge in [0.05, 0.1) is 19.3 Å². The van der Waals surface area contributed by atoms with E-state index in [4.69, 9.17) is 5.11 Å². The number of fused-ring (bicyclic) bond motifs is 1. The Labute approximate surface area is 131 Å². The zero-order valence-corrected chi connectivity index (χ0v) is 13.0. The van der Waals surface area contributed by atoms with Gasteiger partial charge in [0, 0.05) is 33.9 Å². The van der Waals surface area contributed by atoms with Crippen molar-refractivity contribution in [2.75, 3.05) is 11.9 Å². The Hall–Kier alpha value is -1.85. The van der Waals surface area contributed by atoms with Gasteiger partial charge in [0.1, 0.15) is 0 Å². The third-order valence-electron chi connectivity index (χ3n) is 3.37. The molecule has 0 unspecified atom stereocenters. The molecule has 1 heterocycles. The molecule has 0 aliphatic heterocycles. The number of aliphatic hydroxyl groups is 1. The van der Waals surface area contributed by atoms with Crippen LogP contribution in [0.5, 0.6) is 0 Å². The molecular weight excluding hydrogens is 330 g/mol. The van der Waals surface area contributed by atoms with Crippen LogP contribution in [-0.4, -0.2) is 21.5 Å². The van der Waals surface area contributed by atoms with Crippen LogP contribution in [0.15, 0.2) is 53.3 Å². The molecule has 3 aromatic rings. The van der Waals surface area contributed by atoms with Crippen LogP contribution >= 0.6 is 15.9 Å². The largest absolute Gasteiger partial charge is 0.394 e. The number of hydrogen-bond acceptors (Lipinski definition) is 3. The van der Waals surface area contributed by atoms with E-state index in [1.807, 2.05) is 24.5 Å². The molecule has 0 amide bonds. The topological polar surface area (TPSA) is 50.1 Å². The molecule has 0 saturated heterocycles. The zero-order valence-electron chi connectivity index (χ0n) is 11.5. The van der Waals surface area contributed by atoms with E-state index in [9.17, 15) is 0 Å². The van der Waals surface area contributed by atoms with Crippen molar-refractivity contribution < 1.29 is 5.11 Å². The molecule has 0 atom stereocenters. The van der Waals surface area contributed by atoms with Crippen LogP contribution in [0.4, 0.5) is 5.69 Å². The predicted molar refractivity (Wildman–Crippen MR) is 88.3 cm³/mol. The number of rotatable bonds is 5. The monoisotopic (exact) mass is 345 g/mol. The van der Waals surface area contributed by atoms with Gasteiger partial charge in [-0.1, -0.05) is 40.2 Å². The van der Waals surface area contributed by atoms with Gasteiger partial charge < -0.3 is 10.4 Å². The summed E-state index contributed by atoms with van der Waals surface area (Å²) in [6.07, 6.45) is 3.77. The number of anilines is 1. The van der Waals surface area contributed by atoms with Gasteiger partial charge in [0.2, 0.25) is 0 Å². The van der Waals surface area contributed by atoms with Crippen LogP contribution in [0.2, 0.25) is 0 Å². The molecule has 2 aromatic carbocycles. The zero-order chi connectivity index (χ0) is 14.7. The molecule has 0 fully saturated rings. The Bertz CT molecular complexity index is 754. The second-order valence-corrected chi connectivity index (χ2v) is 5.68. The molecule has 0 saturated carbocycles. The maximum atomic E-state index is 8.90. The van der Waals surface area contributed by atoms with Crippen molar-refractivity contribution in [3.05, 3.63) is 58.8 Å². The summed E-state index contributed by atoms with van der Waals surface area (Å²) in [7, 11) is 0. The van der Waals surface area contributed by atoms with E-state index in [0.29, 0.717) is 13.1 Å². The molecule has 0 bridgehead atoms. The molecular formula is C16H16BrN3O. The second-order valence-electron chi connectivity index (χ2n) is 4.83. The van der Waals surface area contributed by atoms with E-state index in [2.05, 4.69) is 50.6 Å². The minimum atomic E-state index is 0.103. The standard InChI is InChI=1S/C16H16BrN3O/c17-15-5-6-16(14-4-2-1-3-13(14)15)18-9-12-10-19-20(11-12)7-8-21/h1-6,10-11,18,21H,7-9H2. The Morgan fingerprint density at radius 2 is 1.95 bits per heavy atom. The number of benzene rings is 2.